The van der Waals surface area contributed by atoms with E-state index in [4.69, 9.17) is 14.0 Å². The summed E-state index contributed by atoms with van der Waals surface area (Å²) in [6.45, 7) is 0. The van der Waals surface area contributed by atoms with E-state index in [1.807, 2.05) is 0 Å². The van der Waals surface area contributed by atoms with Gasteiger partial charge in [-0.2, -0.15) is 4.98 Å². The van der Waals surface area contributed by atoms with Crippen molar-refractivity contribution in [2.75, 3.05) is 20.5 Å². The molecule has 8 heteroatoms. The molecule has 24 heavy (non-hydrogen) atoms. The van der Waals surface area contributed by atoms with E-state index in [9.17, 15) is 8.42 Å². The van der Waals surface area contributed by atoms with Crippen LogP contribution < -0.4 is 9.47 Å². The molecule has 130 valence electrons. The molecule has 1 heterocycles. The maximum Gasteiger partial charge on any atom is 0.258 e. The highest BCUT2D eigenvalue weighted by Crippen LogP contribution is 2.44. The first kappa shape index (κ1) is 16.8. The van der Waals surface area contributed by atoms with E-state index in [-0.39, 0.29) is 11.7 Å². The first-order valence-electron chi connectivity index (χ1n) is 7.67. The Hall–Kier alpha value is -2.09. The van der Waals surface area contributed by atoms with Gasteiger partial charge in [-0.25, -0.2) is 8.42 Å². The number of hydrogen-bond donors (Lipinski definition) is 0. The number of aromatic nitrogens is 2. The van der Waals surface area contributed by atoms with E-state index in [0.29, 0.717) is 29.9 Å². The molecule has 1 saturated carbocycles. The first-order chi connectivity index (χ1) is 11.4. The molecule has 3 rings (SSSR count). The van der Waals surface area contributed by atoms with Crippen molar-refractivity contribution in [3.63, 3.8) is 0 Å². The summed E-state index contributed by atoms with van der Waals surface area (Å²) in [5.41, 5.74) is 0.646. The number of nitrogens with zero attached hydrogens (tertiary/aromatic N) is 2. The van der Waals surface area contributed by atoms with Crippen LogP contribution in [0.1, 0.15) is 31.5 Å². The fourth-order valence-electron chi connectivity index (χ4n) is 3.20. The van der Waals surface area contributed by atoms with Crippen LogP contribution in [0.2, 0.25) is 0 Å². The predicted molar refractivity (Wildman–Crippen MR) is 87.8 cm³/mol. The van der Waals surface area contributed by atoms with E-state index < -0.39 is 14.6 Å². The van der Waals surface area contributed by atoms with Crippen molar-refractivity contribution >= 4 is 9.84 Å². The highest BCUT2D eigenvalue weighted by Gasteiger charge is 2.48. The number of hydrogen-bond acceptors (Lipinski definition) is 7. The minimum absolute atomic E-state index is 0.243. The lowest BCUT2D eigenvalue weighted by Crippen LogP contribution is -2.33. The fraction of sp³-hybridized carbons (Fsp3) is 0.500. The van der Waals surface area contributed by atoms with Gasteiger partial charge in [0.25, 0.3) is 5.89 Å². The second kappa shape index (κ2) is 6.08. The third kappa shape index (κ3) is 2.64. The molecule has 0 aliphatic heterocycles. The Labute approximate surface area is 140 Å². The molecule has 0 N–H and O–H groups in total. The lowest BCUT2D eigenvalue weighted by atomic mass is 10.1. The zero-order valence-corrected chi connectivity index (χ0v) is 14.7. The van der Waals surface area contributed by atoms with Crippen molar-refractivity contribution in [1.82, 2.24) is 10.1 Å². The lowest BCUT2D eigenvalue weighted by molar-refractivity contribution is 0.354. The number of methoxy groups -OCH3 is 2. The van der Waals surface area contributed by atoms with Gasteiger partial charge in [0.15, 0.2) is 27.2 Å². The normalized spacial score (nSPS) is 17.0. The molecule has 1 aromatic heterocycles. The molecule has 0 bridgehead atoms. The van der Waals surface area contributed by atoms with Crippen LogP contribution in [0.25, 0.3) is 11.5 Å². The summed E-state index contributed by atoms with van der Waals surface area (Å²) < 4.78 is 39.4. The Morgan fingerprint density at radius 1 is 1.12 bits per heavy atom. The van der Waals surface area contributed by atoms with Gasteiger partial charge in [0.2, 0.25) is 0 Å². The molecule has 1 aromatic carbocycles. The Morgan fingerprint density at radius 2 is 1.79 bits per heavy atom. The summed E-state index contributed by atoms with van der Waals surface area (Å²) in [6.07, 6.45) is 3.97. The smallest absolute Gasteiger partial charge is 0.258 e. The first-order valence-corrected chi connectivity index (χ1v) is 9.56. The molecule has 0 unspecified atom stereocenters. The standard InChI is InChI=1S/C16H20N2O5S/c1-21-12-7-6-11(10-13(12)22-2)14-17-15(18-23-14)16(24(3,19)20)8-4-5-9-16/h6-7,10H,4-5,8-9H2,1-3H3. The maximum atomic E-state index is 12.3. The highest BCUT2D eigenvalue weighted by atomic mass is 32.2. The number of rotatable bonds is 5. The Balaban J connectivity index is 2.02. The zero-order chi connectivity index (χ0) is 17.4. The average Bonchev–Trinajstić information content (AvgIpc) is 3.23. The van der Waals surface area contributed by atoms with Gasteiger partial charge < -0.3 is 14.0 Å². The summed E-state index contributed by atoms with van der Waals surface area (Å²) in [7, 11) is -0.246. The number of ether oxygens (including phenoxy) is 2. The molecule has 7 nitrogen and oxygen atoms in total. The Bertz CT molecular complexity index is 838. The van der Waals surface area contributed by atoms with E-state index in [1.54, 1.807) is 25.3 Å². The molecule has 1 fully saturated rings. The Morgan fingerprint density at radius 3 is 2.38 bits per heavy atom. The quantitative estimate of drug-likeness (QED) is 0.816. The van der Waals surface area contributed by atoms with Gasteiger partial charge in [-0.05, 0) is 31.0 Å². The van der Waals surface area contributed by atoms with Crippen molar-refractivity contribution in [3.05, 3.63) is 24.0 Å². The molecular weight excluding hydrogens is 332 g/mol. The second-order valence-electron chi connectivity index (χ2n) is 5.97. The zero-order valence-electron chi connectivity index (χ0n) is 13.9. The minimum Gasteiger partial charge on any atom is -0.493 e. The van der Waals surface area contributed by atoms with Gasteiger partial charge in [-0.1, -0.05) is 18.0 Å². The molecule has 0 radical (unpaired) electrons. The molecule has 1 aliphatic carbocycles. The van der Waals surface area contributed by atoms with Gasteiger partial charge in [0, 0.05) is 11.8 Å². The summed E-state index contributed by atoms with van der Waals surface area (Å²) >= 11 is 0. The van der Waals surface area contributed by atoms with Gasteiger partial charge in [0.1, 0.15) is 4.75 Å². The summed E-state index contributed by atoms with van der Waals surface area (Å²) in [6, 6.07) is 5.22. The van der Waals surface area contributed by atoms with E-state index in [2.05, 4.69) is 10.1 Å². The van der Waals surface area contributed by atoms with Crippen LogP contribution in [-0.4, -0.2) is 39.0 Å². The average molecular weight is 352 g/mol. The fourth-order valence-corrected chi connectivity index (χ4v) is 4.65. The monoisotopic (exact) mass is 352 g/mol. The number of benzene rings is 1. The van der Waals surface area contributed by atoms with Crippen molar-refractivity contribution in [1.29, 1.82) is 0 Å². The SMILES string of the molecule is COc1ccc(-c2nc(C3(S(C)(=O)=O)CCCC3)no2)cc1OC. The molecule has 1 aliphatic rings. The summed E-state index contributed by atoms with van der Waals surface area (Å²) in [5, 5.41) is 3.97. The predicted octanol–water partition coefficient (Wildman–Crippen LogP) is 2.57. The molecule has 0 amide bonds. The highest BCUT2D eigenvalue weighted by molar-refractivity contribution is 7.91. The van der Waals surface area contributed by atoms with Crippen molar-refractivity contribution in [3.8, 4) is 23.0 Å². The van der Waals surface area contributed by atoms with Crippen LogP contribution in [0.3, 0.4) is 0 Å². The van der Waals surface area contributed by atoms with Crippen molar-refractivity contribution < 1.29 is 22.4 Å². The van der Waals surface area contributed by atoms with Gasteiger partial charge in [0.05, 0.1) is 14.2 Å². The van der Waals surface area contributed by atoms with Crippen molar-refractivity contribution in [2.24, 2.45) is 0 Å². The molecular formula is C16H20N2O5S. The van der Waals surface area contributed by atoms with Crippen LogP contribution >= 0.6 is 0 Å². The van der Waals surface area contributed by atoms with Crippen molar-refractivity contribution in [2.45, 2.75) is 30.4 Å². The third-order valence-electron chi connectivity index (χ3n) is 4.59. The molecule has 0 saturated heterocycles. The molecule has 0 spiro atoms. The van der Waals surface area contributed by atoms with Crippen LogP contribution in [0.4, 0.5) is 0 Å². The molecule has 0 atom stereocenters. The van der Waals surface area contributed by atoms with Crippen LogP contribution in [0.5, 0.6) is 11.5 Å². The summed E-state index contributed by atoms with van der Waals surface area (Å²) in [4.78, 5) is 4.38. The third-order valence-corrected chi connectivity index (χ3v) is 6.60. The number of sulfone groups is 1. The second-order valence-corrected chi connectivity index (χ2v) is 8.29. The molecule has 2 aromatic rings. The topological polar surface area (TPSA) is 91.5 Å². The van der Waals surface area contributed by atoms with Gasteiger partial charge >= 0.3 is 0 Å². The van der Waals surface area contributed by atoms with Gasteiger partial charge in [-0.15, -0.1) is 0 Å². The van der Waals surface area contributed by atoms with E-state index in [1.165, 1.54) is 13.4 Å². The lowest BCUT2D eigenvalue weighted by Gasteiger charge is -2.22. The van der Waals surface area contributed by atoms with E-state index >= 15 is 0 Å². The maximum absolute atomic E-state index is 12.3. The van der Waals surface area contributed by atoms with E-state index in [0.717, 1.165) is 12.8 Å². The van der Waals surface area contributed by atoms with Crippen LogP contribution in [0, 0.1) is 0 Å². The van der Waals surface area contributed by atoms with Crippen LogP contribution in [0.15, 0.2) is 22.7 Å². The minimum atomic E-state index is -3.34. The Kier molecular flexibility index (Phi) is 4.25. The van der Waals surface area contributed by atoms with Crippen LogP contribution in [-0.2, 0) is 14.6 Å². The summed E-state index contributed by atoms with van der Waals surface area (Å²) in [5.74, 6) is 1.63. The van der Waals surface area contributed by atoms with Gasteiger partial charge in [-0.3, -0.25) is 0 Å². The largest absolute Gasteiger partial charge is 0.493 e.